The van der Waals surface area contributed by atoms with Crippen LogP contribution in [0.2, 0.25) is 0 Å². The van der Waals surface area contributed by atoms with Crippen molar-refractivity contribution in [3.8, 4) is 50.8 Å². The topological polar surface area (TPSA) is 54.2 Å². The van der Waals surface area contributed by atoms with Crippen LogP contribution >= 0.6 is 0 Å². The Morgan fingerprint density at radius 2 is 1.13 bits per heavy atom. The van der Waals surface area contributed by atoms with Crippen LogP contribution < -0.4 is 4.90 Å². The van der Waals surface area contributed by atoms with Gasteiger partial charge in [0.2, 0.25) is 0 Å². The molecule has 0 aliphatic rings. The largest absolute Gasteiger partial charge is 0.507 e. The van der Waals surface area contributed by atoms with E-state index in [1.165, 1.54) is 12.1 Å². The van der Waals surface area contributed by atoms with E-state index in [1.807, 2.05) is 109 Å². The molecule has 0 unspecified atom stereocenters. The van der Waals surface area contributed by atoms with E-state index in [2.05, 4.69) is 35.2 Å². The molecular formula is C44H31F3N4O. The lowest BCUT2D eigenvalue weighted by atomic mass is 9.98. The second-order valence-corrected chi connectivity index (χ2v) is 12.4. The summed E-state index contributed by atoms with van der Waals surface area (Å²) in [5.41, 5.74) is 8.43. The van der Waals surface area contributed by atoms with E-state index in [-0.39, 0.29) is 5.75 Å². The van der Waals surface area contributed by atoms with Crippen LogP contribution in [0, 0.1) is 0 Å². The van der Waals surface area contributed by atoms with Crippen LogP contribution in [0.4, 0.5) is 30.2 Å². The first-order chi connectivity index (χ1) is 25.2. The summed E-state index contributed by atoms with van der Waals surface area (Å²) >= 11 is 0. The number of halogens is 3. The van der Waals surface area contributed by atoms with Gasteiger partial charge in [0.05, 0.1) is 33.5 Å². The number of hydrogen-bond donors (Lipinski definition) is 1. The molecule has 0 saturated carbocycles. The molecule has 2 heterocycles. The average molecular weight is 689 g/mol. The third kappa shape index (κ3) is 6.15. The first-order valence-corrected chi connectivity index (χ1v) is 16.7. The highest BCUT2D eigenvalue weighted by molar-refractivity contribution is 5.95. The quantitative estimate of drug-likeness (QED) is 0.181. The molecule has 0 fully saturated rings. The Bertz CT molecular complexity index is 2490. The van der Waals surface area contributed by atoms with E-state index in [0.717, 1.165) is 45.8 Å². The summed E-state index contributed by atoms with van der Waals surface area (Å²) in [5, 5.41) is 10.7. The van der Waals surface area contributed by atoms with Gasteiger partial charge >= 0.3 is 6.18 Å². The number of benzene rings is 6. The fraction of sp³-hybridized carbons (Fsp3) is 0.0455. The van der Waals surface area contributed by atoms with Crippen molar-refractivity contribution in [1.29, 1.82) is 0 Å². The minimum Gasteiger partial charge on any atom is -0.507 e. The van der Waals surface area contributed by atoms with Crippen LogP contribution in [0.5, 0.6) is 5.75 Å². The summed E-state index contributed by atoms with van der Waals surface area (Å²) in [5.74, 6) is 0.710. The van der Waals surface area contributed by atoms with Gasteiger partial charge in [-0.25, -0.2) is 9.97 Å². The smallest absolute Gasteiger partial charge is 0.416 e. The maximum Gasteiger partial charge on any atom is 0.416 e. The lowest BCUT2D eigenvalue weighted by Gasteiger charge is -2.26. The van der Waals surface area contributed by atoms with Gasteiger partial charge in [-0.2, -0.15) is 13.2 Å². The zero-order valence-corrected chi connectivity index (χ0v) is 28.0. The van der Waals surface area contributed by atoms with Crippen molar-refractivity contribution in [3.05, 3.63) is 169 Å². The molecule has 2 aromatic heterocycles. The number of phenolic OH excluding ortho intramolecular Hbond substituents is 1. The molecule has 0 aliphatic heterocycles. The molecule has 52 heavy (non-hydrogen) atoms. The van der Waals surface area contributed by atoms with Crippen LogP contribution in [-0.4, -0.2) is 19.6 Å². The Morgan fingerprint density at radius 3 is 1.81 bits per heavy atom. The number of alkyl halides is 3. The first kappa shape index (κ1) is 32.5. The number of aryl methyl sites for hydroxylation is 1. The number of para-hydroxylation sites is 4. The average Bonchev–Trinajstić information content (AvgIpc) is 3.51. The summed E-state index contributed by atoms with van der Waals surface area (Å²) in [6.45, 7) is 0. The summed E-state index contributed by atoms with van der Waals surface area (Å²) < 4.78 is 42.5. The number of pyridine rings is 1. The number of aromatic hydroxyl groups is 1. The Balaban J connectivity index is 1.31. The fourth-order valence-electron chi connectivity index (χ4n) is 6.57. The molecule has 1 N–H and O–H groups in total. The number of imidazole rings is 1. The highest BCUT2D eigenvalue weighted by Crippen LogP contribution is 2.40. The molecule has 8 rings (SSSR count). The van der Waals surface area contributed by atoms with Crippen molar-refractivity contribution in [2.24, 2.45) is 7.05 Å². The zero-order valence-electron chi connectivity index (χ0n) is 28.0. The Hall–Kier alpha value is -6.67. The molecule has 8 aromatic rings. The Morgan fingerprint density at radius 1 is 0.538 bits per heavy atom. The van der Waals surface area contributed by atoms with Gasteiger partial charge in [0.1, 0.15) is 11.6 Å². The monoisotopic (exact) mass is 688 g/mol. The number of phenols is 1. The minimum absolute atomic E-state index is 0.118. The van der Waals surface area contributed by atoms with E-state index in [9.17, 15) is 18.3 Å². The molecule has 0 atom stereocenters. The number of hydrogen-bond acceptors (Lipinski definition) is 4. The third-order valence-electron chi connectivity index (χ3n) is 9.13. The van der Waals surface area contributed by atoms with Gasteiger partial charge in [0.15, 0.2) is 0 Å². The maximum absolute atomic E-state index is 13.5. The molecule has 8 heteroatoms. The molecule has 0 amide bonds. The maximum atomic E-state index is 13.5. The number of fused-ring (bicyclic) bond motifs is 1. The number of anilines is 3. The number of aromatic nitrogens is 3. The second-order valence-electron chi connectivity index (χ2n) is 12.4. The number of nitrogens with zero attached hydrogens (tertiary/aromatic N) is 4. The summed E-state index contributed by atoms with van der Waals surface area (Å²) in [6.07, 6.45) is -4.45. The molecule has 0 bridgehead atoms. The van der Waals surface area contributed by atoms with Gasteiger partial charge in [-0.05, 0) is 90.0 Å². The van der Waals surface area contributed by atoms with Crippen LogP contribution in [-0.2, 0) is 13.2 Å². The van der Waals surface area contributed by atoms with Crippen LogP contribution in [0.15, 0.2) is 164 Å². The van der Waals surface area contributed by atoms with Gasteiger partial charge in [-0.1, -0.05) is 84.9 Å². The van der Waals surface area contributed by atoms with Crippen LogP contribution in [0.3, 0.4) is 0 Å². The molecule has 0 aliphatic carbocycles. The van der Waals surface area contributed by atoms with E-state index < -0.39 is 11.7 Å². The summed E-state index contributed by atoms with van der Waals surface area (Å²) in [4.78, 5) is 12.3. The summed E-state index contributed by atoms with van der Waals surface area (Å²) in [6, 6.07) is 50.1. The predicted octanol–water partition coefficient (Wildman–Crippen LogP) is 11.8. The molecular weight excluding hydrogens is 658 g/mol. The van der Waals surface area contributed by atoms with Crippen LogP contribution in [0.25, 0.3) is 56.1 Å². The minimum atomic E-state index is -4.45. The second kappa shape index (κ2) is 13.2. The van der Waals surface area contributed by atoms with Gasteiger partial charge < -0.3 is 14.6 Å². The molecule has 0 radical (unpaired) electrons. The van der Waals surface area contributed by atoms with Gasteiger partial charge in [-0.3, -0.25) is 0 Å². The molecule has 6 aromatic carbocycles. The van der Waals surface area contributed by atoms with E-state index in [1.54, 1.807) is 12.1 Å². The van der Waals surface area contributed by atoms with E-state index >= 15 is 0 Å². The normalized spacial score (nSPS) is 11.5. The van der Waals surface area contributed by atoms with E-state index in [4.69, 9.17) is 9.97 Å². The van der Waals surface area contributed by atoms with E-state index in [0.29, 0.717) is 39.4 Å². The van der Waals surface area contributed by atoms with Crippen molar-refractivity contribution in [3.63, 3.8) is 0 Å². The SMILES string of the molecule is Cn1c(-c2ccccc2O)nc2c(-c3cc(-c4ccc(C(F)(F)F)cc4)cc(-c4cccc(N(c5ccccc5)c5ccccc5)c4)n3)cccc21. The highest BCUT2D eigenvalue weighted by atomic mass is 19.4. The third-order valence-corrected chi connectivity index (χ3v) is 9.13. The first-order valence-electron chi connectivity index (χ1n) is 16.7. The van der Waals surface area contributed by atoms with Gasteiger partial charge in [0, 0.05) is 35.2 Å². The Labute approximate surface area is 298 Å². The molecule has 5 nitrogen and oxygen atoms in total. The zero-order chi connectivity index (χ0) is 35.8. The van der Waals surface area contributed by atoms with Crippen molar-refractivity contribution < 1.29 is 18.3 Å². The van der Waals surface area contributed by atoms with Crippen molar-refractivity contribution in [2.75, 3.05) is 4.90 Å². The lowest BCUT2D eigenvalue weighted by molar-refractivity contribution is -0.137. The predicted molar refractivity (Wildman–Crippen MR) is 202 cm³/mol. The Kier molecular flexibility index (Phi) is 8.27. The van der Waals surface area contributed by atoms with Crippen molar-refractivity contribution in [1.82, 2.24) is 14.5 Å². The lowest BCUT2D eigenvalue weighted by Crippen LogP contribution is -2.09. The standard InChI is InChI=1S/C44H31F3N4O/c1-50-40-20-11-19-36(42(40)49-43(50)37-18-8-9-21-41(37)52)39-28-31(29-22-24-32(25-23-29)44(45,46)47)27-38(48-39)30-12-10-17-35(26-30)51(33-13-4-2-5-14-33)34-15-6-3-7-16-34/h2-28,52H,1H3. The van der Waals surface area contributed by atoms with Crippen molar-refractivity contribution >= 4 is 28.1 Å². The molecule has 0 saturated heterocycles. The number of rotatable bonds is 7. The van der Waals surface area contributed by atoms with Crippen LogP contribution in [0.1, 0.15) is 5.56 Å². The van der Waals surface area contributed by atoms with Crippen molar-refractivity contribution in [2.45, 2.75) is 6.18 Å². The van der Waals surface area contributed by atoms with Gasteiger partial charge in [-0.15, -0.1) is 0 Å². The molecule has 254 valence electrons. The fourth-order valence-corrected chi connectivity index (χ4v) is 6.57. The van der Waals surface area contributed by atoms with Gasteiger partial charge in [0.25, 0.3) is 0 Å². The molecule has 0 spiro atoms. The summed E-state index contributed by atoms with van der Waals surface area (Å²) in [7, 11) is 1.90. The highest BCUT2D eigenvalue weighted by Gasteiger charge is 2.30.